The third-order valence-electron chi connectivity index (χ3n) is 5.88. The number of fused-ring (bicyclic) bond motifs is 1. The zero-order valence-corrected chi connectivity index (χ0v) is 23.6. The summed E-state index contributed by atoms with van der Waals surface area (Å²) in [6.07, 6.45) is -6.21. The first kappa shape index (κ1) is 31.1. The van der Waals surface area contributed by atoms with E-state index in [2.05, 4.69) is 23.7 Å². The lowest BCUT2D eigenvalue weighted by Gasteiger charge is -2.32. The molecule has 4 rings (SSSR count). The van der Waals surface area contributed by atoms with E-state index >= 15 is 0 Å². The summed E-state index contributed by atoms with van der Waals surface area (Å²) in [4.78, 5) is 52.6. The molecule has 3 unspecified atom stereocenters. The van der Waals surface area contributed by atoms with E-state index in [1.807, 2.05) is 42.5 Å². The van der Waals surface area contributed by atoms with E-state index in [9.17, 15) is 38.7 Å². The summed E-state index contributed by atoms with van der Waals surface area (Å²) in [6, 6.07) is 14.4. The number of carbonyl (C=O) groups excluding carboxylic acids is 1. The van der Waals surface area contributed by atoms with Crippen LogP contribution in [0.2, 0.25) is 0 Å². The van der Waals surface area contributed by atoms with Gasteiger partial charge in [-0.1, -0.05) is 42.5 Å². The number of nitrogens with one attached hydrogen (secondary N) is 1. The quantitative estimate of drug-likeness (QED) is 0.253. The summed E-state index contributed by atoms with van der Waals surface area (Å²) >= 11 is 0. The topological polar surface area (TPSA) is 222 Å². The Morgan fingerprint density at radius 3 is 2.51 bits per heavy atom. The van der Waals surface area contributed by atoms with Crippen LogP contribution in [0.4, 0.5) is 5.82 Å². The van der Waals surface area contributed by atoms with Crippen LogP contribution >= 0.6 is 15.6 Å². The number of hydrogen-bond acceptors (Lipinski definition) is 13. The Morgan fingerprint density at radius 1 is 1.10 bits per heavy atom. The molecule has 0 bridgehead atoms. The monoisotopic (exact) mass is 611 g/mol. The molecular formula is C24H27N3O12P2-2. The van der Waals surface area contributed by atoms with Gasteiger partial charge < -0.3 is 39.1 Å². The number of anilines is 1. The lowest BCUT2D eigenvalue weighted by molar-refractivity contribution is -0.246. The van der Waals surface area contributed by atoms with Crippen molar-refractivity contribution in [3.63, 3.8) is 0 Å². The van der Waals surface area contributed by atoms with Gasteiger partial charge in [-0.15, -0.1) is 0 Å². The van der Waals surface area contributed by atoms with Crippen LogP contribution in [0.3, 0.4) is 0 Å². The molecule has 1 fully saturated rings. The maximum atomic E-state index is 12.7. The molecule has 2 aromatic carbocycles. The minimum Gasteiger partial charge on any atom is -0.756 e. The predicted octanol–water partition coefficient (Wildman–Crippen LogP) is 0.592. The lowest BCUT2D eigenvalue weighted by atomic mass is 10.0. The lowest BCUT2D eigenvalue weighted by Crippen LogP contribution is -2.36. The van der Waals surface area contributed by atoms with Gasteiger partial charge in [-0.2, -0.15) is 4.98 Å². The van der Waals surface area contributed by atoms with Gasteiger partial charge in [-0.05, 0) is 36.2 Å². The number of benzene rings is 2. The van der Waals surface area contributed by atoms with Gasteiger partial charge in [0.2, 0.25) is 5.91 Å². The summed E-state index contributed by atoms with van der Waals surface area (Å²) in [5, 5.41) is 25.1. The smallest absolute Gasteiger partial charge is 0.351 e. The molecule has 41 heavy (non-hydrogen) atoms. The Balaban J connectivity index is 1.38. The van der Waals surface area contributed by atoms with Crippen molar-refractivity contribution in [2.75, 3.05) is 11.9 Å². The Hall–Kier alpha value is -2.81. The van der Waals surface area contributed by atoms with Crippen LogP contribution in [0.1, 0.15) is 25.6 Å². The molecule has 1 aliphatic heterocycles. The van der Waals surface area contributed by atoms with E-state index in [0.717, 1.165) is 27.1 Å². The van der Waals surface area contributed by atoms with E-state index in [0.29, 0.717) is 0 Å². The highest BCUT2D eigenvalue weighted by Gasteiger charge is 2.44. The van der Waals surface area contributed by atoms with Crippen molar-refractivity contribution < 1.29 is 52.0 Å². The molecule has 1 saturated heterocycles. The van der Waals surface area contributed by atoms with Crippen molar-refractivity contribution in [1.29, 1.82) is 0 Å². The maximum Gasteiger partial charge on any atom is 0.351 e. The van der Waals surface area contributed by atoms with Crippen molar-refractivity contribution in [2.24, 2.45) is 0 Å². The number of amides is 1. The summed E-state index contributed by atoms with van der Waals surface area (Å²) < 4.78 is 42.6. The minimum atomic E-state index is -5.47. The third-order valence-corrected chi connectivity index (χ3v) is 8.62. The average molecular weight is 611 g/mol. The second kappa shape index (κ2) is 12.6. The first-order valence-corrected chi connectivity index (χ1v) is 15.2. The minimum absolute atomic E-state index is 0.0170. The van der Waals surface area contributed by atoms with Crippen molar-refractivity contribution in [1.82, 2.24) is 9.55 Å². The van der Waals surface area contributed by atoms with Crippen molar-refractivity contribution in [3.8, 4) is 0 Å². The zero-order valence-electron chi connectivity index (χ0n) is 21.8. The van der Waals surface area contributed by atoms with Gasteiger partial charge in [0.05, 0.1) is 19.1 Å². The number of hydrogen-bond donors (Lipinski definition) is 3. The van der Waals surface area contributed by atoms with Crippen LogP contribution in [0.25, 0.3) is 10.8 Å². The number of aliphatic hydroxyl groups is 2. The summed E-state index contributed by atoms with van der Waals surface area (Å²) in [7, 11) is -10.7. The van der Waals surface area contributed by atoms with Gasteiger partial charge in [-0.3, -0.25) is 18.5 Å². The van der Waals surface area contributed by atoms with E-state index in [1.165, 1.54) is 19.9 Å². The number of phosphoric acid groups is 2. The van der Waals surface area contributed by atoms with Crippen LogP contribution in [-0.2, 0) is 38.4 Å². The average Bonchev–Trinajstić information content (AvgIpc) is 3.15. The molecule has 3 N–H and O–H groups in total. The molecule has 1 aliphatic rings. The van der Waals surface area contributed by atoms with Gasteiger partial charge in [0.25, 0.3) is 15.6 Å². The van der Waals surface area contributed by atoms with Crippen molar-refractivity contribution >= 4 is 38.1 Å². The number of nitrogens with zero attached hydrogens (tertiary/aromatic N) is 2. The highest BCUT2D eigenvalue weighted by atomic mass is 31.3. The van der Waals surface area contributed by atoms with Crippen LogP contribution in [0, 0.1) is 0 Å². The van der Waals surface area contributed by atoms with E-state index in [1.54, 1.807) is 0 Å². The fourth-order valence-corrected chi connectivity index (χ4v) is 6.34. The number of rotatable bonds is 11. The largest absolute Gasteiger partial charge is 0.756 e. The fraction of sp³-hybridized carbons (Fsp3) is 0.375. The SMILES string of the molecule is CC(C)OP(=O)([O-])OP(=O)([O-])OC[C@H]1O[C@@H](n2ccc(NC(=O)Cc3cccc4ccccc34)nc2=O)[C@@H](O)C1O. The van der Waals surface area contributed by atoms with Gasteiger partial charge in [0.15, 0.2) is 6.23 Å². The maximum absolute atomic E-state index is 12.7. The molecule has 3 aromatic rings. The van der Waals surface area contributed by atoms with Gasteiger partial charge >= 0.3 is 5.69 Å². The molecule has 2 heterocycles. The number of aliphatic hydroxyl groups excluding tert-OH is 2. The van der Waals surface area contributed by atoms with Crippen molar-refractivity contribution in [3.05, 3.63) is 70.8 Å². The fourth-order valence-electron chi connectivity index (χ4n) is 4.17. The van der Waals surface area contributed by atoms with Crippen molar-refractivity contribution in [2.45, 2.75) is 50.9 Å². The zero-order chi connectivity index (χ0) is 29.9. The van der Waals surface area contributed by atoms with Crippen LogP contribution in [-0.4, -0.2) is 56.7 Å². The molecule has 0 saturated carbocycles. The summed E-state index contributed by atoms with van der Waals surface area (Å²) in [5.41, 5.74) is -0.182. The normalized spacial score (nSPS) is 23.8. The highest BCUT2D eigenvalue weighted by Crippen LogP contribution is 2.56. The third kappa shape index (κ3) is 7.93. The molecule has 1 amide bonds. The Kier molecular flexibility index (Phi) is 9.56. The molecule has 0 aliphatic carbocycles. The van der Waals surface area contributed by atoms with E-state index in [-0.39, 0.29) is 12.2 Å². The molecule has 0 radical (unpaired) electrons. The van der Waals surface area contributed by atoms with E-state index in [4.69, 9.17) is 4.74 Å². The standard InChI is InChI=1S/C24H29N3O12P2/c1-14(2)38-41(34,35)39-40(32,33)36-13-18-21(29)22(30)23(37-18)27-11-10-19(26-24(27)31)25-20(28)12-16-8-5-7-15-6-3-4-9-17(15)16/h3-11,14,18,21-23,29-30H,12-13H2,1-2H3,(H,32,33)(H,34,35)(H,25,26,28,31)/p-2/t18-,21?,22+,23-/m1/s1. The van der Waals surface area contributed by atoms with Crippen LogP contribution < -0.4 is 20.8 Å². The molecule has 6 atom stereocenters. The van der Waals surface area contributed by atoms with Gasteiger partial charge in [-0.25, -0.2) is 9.11 Å². The Bertz CT molecular complexity index is 1560. The Labute approximate surface area is 233 Å². The molecule has 1 aromatic heterocycles. The number of carbonyl (C=O) groups is 1. The summed E-state index contributed by atoms with van der Waals surface area (Å²) in [5.74, 6) is -0.499. The van der Waals surface area contributed by atoms with Gasteiger partial charge in [0.1, 0.15) is 24.1 Å². The predicted molar refractivity (Wildman–Crippen MR) is 139 cm³/mol. The van der Waals surface area contributed by atoms with E-state index < -0.39 is 64.5 Å². The summed E-state index contributed by atoms with van der Waals surface area (Å²) in [6.45, 7) is 1.71. The molecule has 15 nitrogen and oxygen atoms in total. The molecule has 0 spiro atoms. The number of aromatic nitrogens is 2. The Morgan fingerprint density at radius 2 is 1.80 bits per heavy atom. The number of phosphoric ester groups is 2. The number of ether oxygens (including phenoxy) is 1. The first-order chi connectivity index (χ1) is 19.2. The second-order valence-electron chi connectivity index (χ2n) is 9.34. The molecule has 222 valence electrons. The van der Waals surface area contributed by atoms with Gasteiger partial charge in [0, 0.05) is 6.20 Å². The van der Waals surface area contributed by atoms with Crippen LogP contribution in [0.15, 0.2) is 59.5 Å². The second-order valence-corrected chi connectivity index (χ2v) is 12.2. The molecule has 17 heteroatoms. The molecular weight excluding hydrogens is 584 g/mol. The highest BCUT2D eigenvalue weighted by molar-refractivity contribution is 7.59. The first-order valence-electron chi connectivity index (χ1n) is 12.3. The van der Waals surface area contributed by atoms with Crippen LogP contribution in [0.5, 0.6) is 0 Å².